The van der Waals surface area contributed by atoms with Crippen LogP contribution in [-0.4, -0.2) is 0 Å². The Morgan fingerprint density at radius 3 is 1.70 bits per heavy atom. The fraction of sp³-hybridized carbons (Fsp3) is 0.111. The smallest absolute Gasteiger partial charge is 0.0950 e. The van der Waals surface area contributed by atoms with Crippen molar-refractivity contribution in [2.75, 3.05) is 0 Å². The summed E-state index contributed by atoms with van der Waals surface area (Å²) in [5.74, 6) is 0.120. The number of rotatable bonds is 4. The predicted octanol–water partition coefficient (Wildman–Crippen LogP) is 4.11. The zero-order chi connectivity index (χ0) is 13.8. The topological polar surface area (TPSA) is 39.2 Å². The third-order valence-electron chi connectivity index (χ3n) is 3.60. The SMILES string of the molecule is NC(c1ccoc1)C(c1ccccc1)c1ccccc1. The largest absolute Gasteiger partial charge is 0.472 e. The zero-order valence-corrected chi connectivity index (χ0v) is 11.1. The highest BCUT2D eigenvalue weighted by Gasteiger charge is 2.23. The number of benzene rings is 2. The first-order valence-electron chi connectivity index (χ1n) is 6.74. The molecule has 3 aromatic rings. The van der Waals surface area contributed by atoms with Crippen LogP contribution in [0.4, 0.5) is 0 Å². The van der Waals surface area contributed by atoms with Crippen molar-refractivity contribution in [3.05, 3.63) is 95.9 Å². The Labute approximate surface area is 118 Å². The van der Waals surface area contributed by atoms with Crippen LogP contribution >= 0.6 is 0 Å². The normalized spacial score (nSPS) is 12.5. The van der Waals surface area contributed by atoms with Crippen molar-refractivity contribution in [2.45, 2.75) is 12.0 Å². The molecule has 1 heterocycles. The molecule has 0 amide bonds. The summed E-state index contributed by atoms with van der Waals surface area (Å²) in [6, 6.07) is 22.5. The summed E-state index contributed by atoms with van der Waals surface area (Å²) in [6.45, 7) is 0. The summed E-state index contributed by atoms with van der Waals surface area (Å²) < 4.78 is 5.18. The van der Waals surface area contributed by atoms with Crippen molar-refractivity contribution in [3.63, 3.8) is 0 Å². The van der Waals surface area contributed by atoms with Gasteiger partial charge >= 0.3 is 0 Å². The molecular formula is C18H17NO. The van der Waals surface area contributed by atoms with Crippen LogP contribution in [-0.2, 0) is 0 Å². The highest BCUT2D eigenvalue weighted by atomic mass is 16.3. The molecule has 1 unspecified atom stereocenters. The standard InChI is InChI=1S/C18H17NO/c19-18(16-11-12-20-13-16)17(14-7-3-1-4-8-14)15-9-5-2-6-10-15/h1-13,17-18H,19H2. The van der Waals surface area contributed by atoms with Gasteiger partial charge in [-0.1, -0.05) is 60.7 Å². The van der Waals surface area contributed by atoms with Crippen LogP contribution in [0.2, 0.25) is 0 Å². The first-order chi connectivity index (χ1) is 9.86. The number of hydrogen-bond donors (Lipinski definition) is 1. The summed E-state index contributed by atoms with van der Waals surface area (Å²) >= 11 is 0. The van der Waals surface area contributed by atoms with Crippen LogP contribution < -0.4 is 5.73 Å². The van der Waals surface area contributed by atoms with Gasteiger partial charge in [0.2, 0.25) is 0 Å². The van der Waals surface area contributed by atoms with E-state index in [4.69, 9.17) is 10.2 Å². The Bertz CT molecular complexity index is 592. The molecule has 0 fully saturated rings. The second-order valence-corrected chi connectivity index (χ2v) is 4.88. The Morgan fingerprint density at radius 1 is 0.700 bits per heavy atom. The van der Waals surface area contributed by atoms with Crippen LogP contribution in [0.25, 0.3) is 0 Å². The van der Waals surface area contributed by atoms with Crippen molar-refractivity contribution < 1.29 is 4.42 Å². The fourth-order valence-corrected chi connectivity index (χ4v) is 2.58. The molecule has 2 N–H and O–H groups in total. The lowest BCUT2D eigenvalue weighted by Crippen LogP contribution is -2.20. The second-order valence-electron chi connectivity index (χ2n) is 4.88. The Hall–Kier alpha value is -2.32. The molecule has 0 aliphatic heterocycles. The Balaban J connectivity index is 2.05. The zero-order valence-electron chi connectivity index (χ0n) is 11.1. The molecule has 2 heteroatoms. The number of hydrogen-bond acceptors (Lipinski definition) is 2. The molecule has 0 bridgehead atoms. The lowest BCUT2D eigenvalue weighted by Gasteiger charge is -2.24. The van der Waals surface area contributed by atoms with Gasteiger partial charge in [0.25, 0.3) is 0 Å². The van der Waals surface area contributed by atoms with Crippen molar-refractivity contribution in [1.82, 2.24) is 0 Å². The van der Waals surface area contributed by atoms with Crippen LogP contribution in [0.15, 0.2) is 83.7 Å². The maximum absolute atomic E-state index is 6.49. The molecule has 2 aromatic carbocycles. The summed E-state index contributed by atoms with van der Waals surface area (Å²) in [6.07, 6.45) is 3.39. The van der Waals surface area contributed by atoms with Crippen molar-refractivity contribution in [2.24, 2.45) is 5.73 Å². The predicted molar refractivity (Wildman–Crippen MR) is 80.4 cm³/mol. The van der Waals surface area contributed by atoms with Crippen molar-refractivity contribution >= 4 is 0 Å². The van der Waals surface area contributed by atoms with Gasteiger partial charge in [-0.05, 0) is 17.2 Å². The molecule has 0 aliphatic rings. The van der Waals surface area contributed by atoms with Crippen LogP contribution in [0.5, 0.6) is 0 Å². The third kappa shape index (κ3) is 2.51. The highest BCUT2D eigenvalue weighted by Crippen LogP contribution is 2.35. The Morgan fingerprint density at radius 2 is 1.25 bits per heavy atom. The molecule has 0 saturated carbocycles. The molecule has 0 aliphatic carbocycles. The lowest BCUT2D eigenvalue weighted by atomic mass is 9.83. The molecule has 3 rings (SSSR count). The van der Waals surface area contributed by atoms with E-state index < -0.39 is 0 Å². The van der Waals surface area contributed by atoms with Crippen molar-refractivity contribution in [3.8, 4) is 0 Å². The van der Waals surface area contributed by atoms with E-state index in [-0.39, 0.29) is 12.0 Å². The van der Waals surface area contributed by atoms with Gasteiger partial charge in [-0.3, -0.25) is 0 Å². The van der Waals surface area contributed by atoms with Crippen molar-refractivity contribution in [1.29, 1.82) is 0 Å². The van der Waals surface area contributed by atoms with Crippen LogP contribution in [0.3, 0.4) is 0 Å². The number of furan rings is 1. The van der Waals surface area contributed by atoms with Crippen LogP contribution in [0.1, 0.15) is 28.7 Å². The quantitative estimate of drug-likeness (QED) is 0.769. The summed E-state index contributed by atoms with van der Waals surface area (Å²) in [4.78, 5) is 0. The van der Waals surface area contributed by atoms with Gasteiger partial charge < -0.3 is 10.2 Å². The maximum atomic E-state index is 6.49. The van der Waals surface area contributed by atoms with E-state index in [2.05, 4.69) is 24.3 Å². The third-order valence-corrected chi connectivity index (χ3v) is 3.60. The first-order valence-corrected chi connectivity index (χ1v) is 6.74. The van der Waals surface area contributed by atoms with Crippen LogP contribution in [0, 0.1) is 0 Å². The van der Waals surface area contributed by atoms with Gasteiger partial charge in [0.05, 0.1) is 12.5 Å². The molecule has 2 nitrogen and oxygen atoms in total. The van der Waals surface area contributed by atoms with Gasteiger partial charge in [0, 0.05) is 17.5 Å². The minimum absolute atomic E-state index is 0.120. The minimum atomic E-state index is -0.126. The molecule has 0 saturated heterocycles. The summed E-state index contributed by atoms with van der Waals surface area (Å²) in [7, 11) is 0. The maximum Gasteiger partial charge on any atom is 0.0950 e. The molecule has 1 aromatic heterocycles. The van der Waals surface area contributed by atoms with Gasteiger partial charge in [-0.25, -0.2) is 0 Å². The van der Waals surface area contributed by atoms with E-state index >= 15 is 0 Å². The van der Waals surface area contributed by atoms with Gasteiger partial charge in [-0.2, -0.15) is 0 Å². The Kier molecular flexibility index (Phi) is 3.66. The molecule has 20 heavy (non-hydrogen) atoms. The van der Waals surface area contributed by atoms with Gasteiger partial charge in [0.1, 0.15) is 0 Å². The van der Waals surface area contributed by atoms with E-state index in [1.54, 1.807) is 12.5 Å². The molecular weight excluding hydrogens is 246 g/mol. The fourth-order valence-electron chi connectivity index (χ4n) is 2.58. The number of nitrogens with two attached hydrogens (primary N) is 1. The van der Waals surface area contributed by atoms with Gasteiger partial charge in [0.15, 0.2) is 0 Å². The van der Waals surface area contributed by atoms with E-state index in [0.717, 1.165) is 5.56 Å². The molecule has 1 atom stereocenters. The average molecular weight is 263 g/mol. The first kappa shape index (κ1) is 12.7. The molecule has 0 spiro atoms. The molecule has 100 valence electrons. The molecule has 0 radical (unpaired) electrons. The van der Waals surface area contributed by atoms with E-state index in [1.165, 1.54) is 11.1 Å². The summed E-state index contributed by atoms with van der Waals surface area (Å²) in [5, 5.41) is 0. The lowest BCUT2D eigenvalue weighted by molar-refractivity contribution is 0.551. The monoisotopic (exact) mass is 263 g/mol. The van der Waals surface area contributed by atoms with Gasteiger partial charge in [-0.15, -0.1) is 0 Å². The second kappa shape index (κ2) is 5.76. The highest BCUT2D eigenvalue weighted by molar-refractivity contribution is 5.36. The van der Waals surface area contributed by atoms with E-state index in [0.29, 0.717) is 0 Å². The average Bonchev–Trinajstić information content (AvgIpc) is 3.04. The summed E-state index contributed by atoms with van der Waals surface area (Å²) in [5.41, 5.74) is 9.93. The minimum Gasteiger partial charge on any atom is -0.472 e. The van der Waals surface area contributed by atoms with E-state index in [1.807, 2.05) is 42.5 Å². The van der Waals surface area contributed by atoms with E-state index in [9.17, 15) is 0 Å².